The summed E-state index contributed by atoms with van der Waals surface area (Å²) < 4.78 is 6.11. The second-order valence-corrected chi connectivity index (χ2v) is 4.50. The van der Waals surface area contributed by atoms with Gasteiger partial charge in [-0.05, 0) is 53.3 Å². The van der Waals surface area contributed by atoms with Crippen molar-refractivity contribution in [2.75, 3.05) is 6.23 Å². The number of carbonyl (C=O) groups is 1. The number of carbonyl (C=O) groups excluding carboxylic acids is 1. The van der Waals surface area contributed by atoms with Crippen molar-refractivity contribution in [3.63, 3.8) is 0 Å². The zero-order valence-electron chi connectivity index (χ0n) is 7.63. The van der Waals surface area contributed by atoms with E-state index in [4.69, 9.17) is 4.74 Å². The van der Waals surface area contributed by atoms with Crippen LogP contribution in [0, 0.1) is 10.5 Å². The number of aryl methyl sites for hydroxylation is 1. The smallest absolute Gasteiger partial charge is 0.338 e. The number of halogens is 1. The van der Waals surface area contributed by atoms with E-state index in [1.807, 2.05) is 25.1 Å². The molecule has 0 aromatic heterocycles. The average Bonchev–Trinajstić information content (AvgIpc) is 2.04. The van der Waals surface area contributed by atoms with Gasteiger partial charge >= 0.3 is 5.97 Å². The standard InChI is InChI=1S/C9H11IO2Si/c1-6-4-7(10)2-3-8(6)9(11)12-5-13/h2-4H,5H2,1,13H3. The maximum Gasteiger partial charge on any atom is 0.338 e. The Balaban J connectivity index is 2.95. The Morgan fingerprint density at radius 3 is 2.85 bits per heavy atom. The molecule has 0 aliphatic rings. The number of rotatable bonds is 2. The van der Waals surface area contributed by atoms with Crippen molar-refractivity contribution in [3.8, 4) is 0 Å². The zero-order chi connectivity index (χ0) is 9.84. The molecule has 0 aliphatic heterocycles. The fourth-order valence-electron chi connectivity index (χ4n) is 1.06. The zero-order valence-corrected chi connectivity index (χ0v) is 11.8. The molecule has 4 heteroatoms. The summed E-state index contributed by atoms with van der Waals surface area (Å²) in [7, 11) is 0.890. The second-order valence-electron chi connectivity index (χ2n) is 2.68. The first-order valence-corrected chi connectivity index (χ1v) is 6.57. The van der Waals surface area contributed by atoms with E-state index in [0.717, 1.165) is 19.4 Å². The fourth-order valence-corrected chi connectivity index (χ4v) is 1.97. The van der Waals surface area contributed by atoms with E-state index < -0.39 is 0 Å². The predicted molar refractivity (Wildman–Crippen MR) is 64.1 cm³/mol. The Hall–Kier alpha value is -0.363. The number of esters is 1. The fraction of sp³-hybridized carbons (Fsp3) is 0.222. The second kappa shape index (κ2) is 4.76. The first kappa shape index (κ1) is 10.7. The molecule has 0 fully saturated rings. The number of ether oxygens (including phenoxy) is 1. The first-order chi connectivity index (χ1) is 6.15. The lowest BCUT2D eigenvalue weighted by Gasteiger charge is -2.04. The van der Waals surface area contributed by atoms with Gasteiger partial charge in [-0.2, -0.15) is 0 Å². The highest BCUT2D eigenvalue weighted by atomic mass is 127. The molecule has 0 unspecified atom stereocenters. The van der Waals surface area contributed by atoms with E-state index in [1.165, 1.54) is 0 Å². The quantitative estimate of drug-likeness (QED) is 0.464. The van der Waals surface area contributed by atoms with Crippen LogP contribution in [-0.4, -0.2) is 22.4 Å². The molecule has 0 spiro atoms. The van der Waals surface area contributed by atoms with Gasteiger partial charge in [-0.3, -0.25) is 0 Å². The van der Waals surface area contributed by atoms with Crippen LogP contribution in [0.4, 0.5) is 0 Å². The Morgan fingerprint density at radius 2 is 2.31 bits per heavy atom. The molecule has 1 rings (SSSR count). The van der Waals surface area contributed by atoms with Crippen LogP contribution in [0.15, 0.2) is 18.2 Å². The van der Waals surface area contributed by atoms with Gasteiger partial charge in [0.15, 0.2) is 0 Å². The molecule has 0 heterocycles. The summed E-state index contributed by atoms with van der Waals surface area (Å²) in [4.78, 5) is 11.4. The van der Waals surface area contributed by atoms with E-state index in [2.05, 4.69) is 22.6 Å². The number of benzene rings is 1. The van der Waals surface area contributed by atoms with Crippen LogP contribution in [0.1, 0.15) is 15.9 Å². The molecule has 0 atom stereocenters. The average molecular weight is 306 g/mol. The minimum Gasteiger partial charge on any atom is -0.467 e. The molecule has 0 N–H and O–H groups in total. The van der Waals surface area contributed by atoms with Crippen molar-refractivity contribution >= 4 is 38.8 Å². The van der Waals surface area contributed by atoms with Gasteiger partial charge in [0, 0.05) is 3.57 Å². The number of hydrogen-bond donors (Lipinski definition) is 0. The first-order valence-electron chi connectivity index (χ1n) is 4.08. The molecule has 0 amide bonds. The van der Waals surface area contributed by atoms with Crippen molar-refractivity contribution < 1.29 is 9.53 Å². The maximum absolute atomic E-state index is 11.4. The number of hydrogen-bond acceptors (Lipinski definition) is 2. The van der Waals surface area contributed by atoms with Gasteiger partial charge < -0.3 is 4.74 Å². The van der Waals surface area contributed by atoms with Gasteiger partial charge in [0.1, 0.15) is 0 Å². The van der Waals surface area contributed by atoms with Crippen LogP contribution in [0.2, 0.25) is 0 Å². The normalized spacial score (nSPS) is 10.0. The van der Waals surface area contributed by atoms with Crippen LogP contribution in [0.3, 0.4) is 0 Å². The Labute approximate surface area is 94.2 Å². The Bertz CT molecular complexity index is 325. The largest absolute Gasteiger partial charge is 0.467 e. The third kappa shape index (κ3) is 2.80. The lowest BCUT2D eigenvalue weighted by molar-refractivity contribution is 0.0573. The van der Waals surface area contributed by atoms with Crippen LogP contribution in [0.5, 0.6) is 0 Å². The van der Waals surface area contributed by atoms with Crippen molar-refractivity contribution in [1.29, 1.82) is 0 Å². The predicted octanol–water partition coefficient (Wildman–Crippen LogP) is 1.08. The van der Waals surface area contributed by atoms with Crippen LogP contribution in [-0.2, 0) is 4.74 Å². The third-order valence-corrected chi connectivity index (χ3v) is 2.64. The molecule has 0 saturated heterocycles. The van der Waals surface area contributed by atoms with Crippen molar-refractivity contribution in [2.24, 2.45) is 0 Å². The summed E-state index contributed by atoms with van der Waals surface area (Å²) in [5, 5.41) is 0. The molecular formula is C9H11IO2Si. The van der Waals surface area contributed by atoms with Crippen molar-refractivity contribution in [2.45, 2.75) is 6.92 Å². The molecule has 13 heavy (non-hydrogen) atoms. The lowest BCUT2D eigenvalue weighted by atomic mass is 10.1. The summed E-state index contributed by atoms with van der Waals surface area (Å²) in [5.74, 6) is -0.205. The van der Waals surface area contributed by atoms with Gasteiger partial charge in [0.25, 0.3) is 0 Å². The molecule has 0 aliphatic carbocycles. The highest BCUT2D eigenvalue weighted by Crippen LogP contribution is 2.13. The van der Waals surface area contributed by atoms with Gasteiger partial charge in [0.05, 0.1) is 22.0 Å². The summed E-state index contributed by atoms with van der Waals surface area (Å²) in [6.45, 7) is 1.92. The highest BCUT2D eigenvalue weighted by Gasteiger charge is 2.08. The van der Waals surface area contributed by atoms with Crippen LogP contribution < -0.4 is 0 Å². The van der Waals surface area contributed by atoms with Gasteiger partial charge in [-0.15, -0.1) is 0 Å². The topological polar surface area (TPSA) is 26.3 Å². The van der Waals surface area contributed by atoms with Gasteiger partial charge in [0.2, 0.25) is 0 Å². The van der Waals surface area contributed by atoms with Crippen LogP contribution >= 0.6 is 22.6 Å². The molecule has 1 aromatic carbocycles. The van der Waals surface area contributed by atoms with E-state index >= 15 is 0 Å². The minimum atomic E-state index is -0.205. The summed E-state index contributed by atoms with van der Waals surface area (Å²) in [6, 6.07) is 5.71. The molecule has 0 saturated carbocycles. The Kier molecular flexibility index (Phi) is 3.92. The van der Waals surface area contributed by atoms with Gasteiger partial charge in [-0.25, -0.2) is 4.79 Å². The molecule has 2 nitrogen and oxygen atoms in total. The van der Waals surface area contributed by atoms with Gasteiger partial charge in [-0.1, -0.05) is 0 Å². The lowest BCUT2D eigenvalue weighted by Crippen LogP contribution is -2.07. The molecule has 1 aromatic rings. The van der Waals surface area contributed by atoms with E-state index in [9.17, 15) is 4.79 Å². The maximum atomic E-state index is 11.4. The van der Waals surface area contributed by atoms with Crippen molar-refractivity contribution in [1.82, 2.24) is 0 Å². The molecule has 0 radical (unpaired) electrons. The molecule has 0 bridgehead atoms. The summed E-state index contributed by atoms with van der Waals surface area (Å²) >= 11 is 2.22. The monoisotopic (exact) mass is 306 g/mol. The summed E-state index contributed by atoms with van der Waals surface area (Å²) in [5.41, 5.74) is 1.66. The highest BCUT2D eigenvalue weighted by molar-refractivity contribution is 14.1. The third-order valence-electron chi connectivity index (χ3n) is 1.68. The van der Waals surface area contributed by atoms with Crippen LogP contribution in [0.25, 0.3) is 0 Å². The van der Waals surface area contributed by atoms with E-state index in [-0.39, 0.29) is 5.97 Å². The Morgan fingerprint density at radius 1 is 1.62 bits per heavy atom. The van der Waals surface area contributed by atoms with E-state index in [1.54, 1.807) is 0 Å². The van der Waals surface area contributed by atoms with E-state index in [0.29, 0.717) is 11.8 Å². The SMILES string of the molecule is Cc1cc(I)ccc1C(=O)OC[SiH3]. The van der Waals surface area contributed by atoms with Crippen molar-refractivity contribution in [3.05, 3.63) is 32.9 Å². The molecular weight excluding hydrogens is 295 g/mol. The minimum absolute atomic E-state index is 0.205. The summed E-state index contributed by atoms with van der Waals surface area (Å²) in [6.07, 6.45) is 0.560. The molecule has 70 valence electrons.